The van der Waals surface area contributed by atoms with E-state index < -0.39 is 0 Å². The third-order valence-electron chi connectivity index (χ3n) is 3.74. The lowest BCUT2D eigenvalue weighted by molar-refractivity contribution is 0.0979. The largest absolute Gasteiger partial charge is 0.361 e. The predicted octanol–water partition coefficient (Wildman–Crippen LogP) is 1.84. The van der Waals surface area contributed by atoms with Crippen LogP contribution < -0.4 is 9.80 Å². The number of amides is 1. The van der Waals surface area contributed by atoms with Gasteiger partial charge < -0.3 is 4.90 Å². The fourth-order valence-electron chi connectivity index (χ4n) is 2.53. The monoisotopic (exact) mass is 297 g/mol. The van der Waals surface area contributed by atoms with Crippen molar-refractivity contribution in [2.75, 3.05) is 30.4 Å². The first-order chi connectivity index (χ1) is 10.6. The first-order valence-electron chi connectivity index (χ1n) is 7.34. The predicted molar refractivity (Wildman–Crippen MR) is 85.3 cm³/mol. The first kappa shape index (κ1) is 14.4. The van der Waals surface area contributed by atoms with Crippen molar-refractivity contribution >= 4 is 17.5 Å². The van der Waals surface area contributed by atoms with Crippen LogP contribution in [0.3, 0.4) is 0 Å². The van der Waals surface area contributed by atoms with Gasteiger partial charge >= 0.3 is 0 Å². The van der Waals surface area contributed by atoms with Crippen molar-refractivity contribution in [2.45, 2.75) is 19.8 Å². The molecule has 1 amide bonds. The molecule has 22 heavy (non-hydrogen) atoms. The van der Waals surface area contributed by atoms with Crippen molar-refractivity contribution in [3.63, 3.8) is 0 Å². The van der Waals surface area contributed by atoms with E-state index in [1.165, 1.54) is 6.20 Å². The summed E-state index contributed by atoms with van der Waals surface area (Å²) in [7, 11) is 3.78. The Bertz CT molecular complexity index is 696. The van der Waals surface area contributed by atoms with Crippen LogP contribution in [0.1, 0.15) is 28.2 Å². The number of nitrogens with zero attached hydrogens (tertiary/aromatic N) is 5. The number of hydrogen-bond donors (Lipinski definition) is 0. The highest BCUT2D eigenvalue weighted by Gasteiger charge is 2.26. The van der Waals surface area contributed by atoms with Crippen LogP contribution in [0.25, 0.3) is 0 Å². The van der Waals surface area contributed by atoms with Crippen molar-refractivity contribution in [1.82, 2.24) is 15.0 Å². The lowest BCUT2D eigenvalue weighted by Gasteiger charge is -2.28. The minimum Gasteiger partial charge on any atom is -0.361 e. The lowest BCUT2D eigenvalue weighted by atomic mass is 10.0. The van der Waals surface area contributed by atoms with E-state index in [4.69, 9.17) is 0 Å². The maximum absolute atomic E-state index is 12.7. The molecule has 3 rings (SSSR count). The Morgan fingerprint density at radius 2 is 2.05 bits per heavy atom. The fraction of sp³-hybridized carbons (Fsp3) is 0.375. The molecule has 0 N–H and O–H groups in total. The van der Waals surface area contributed by atoms with Gasteiger partial charge in [0.1, 0.15) is 17.3 Å². The molecule has 2 aromatic rings. The summed E-state index contributed by atoms with van der Waals surface area (Å²) in [5.74, 6) is 1.34. The number of anilines is 2. The molecule has 0 atom stereocenters. The molecular weight excluding hydrogens is 278 g/mol. The highest BCUT2D eigenvalue weighted by molar-refractivity contribution is 6.04. The molecule has 114 valence electrons. The van der Waals surface area contributed by atoms with Gasteiger partial charge in [0.05, 0.1) is 12.4 Å². The normalized spacial score (nSPS) is 13.7. The zero-order valence-electron chi connectivity index (χ0n) is 13.1. The second-order valence-corrected chi connectivity index (χ2v) is 5.65. The van der Waals surface area contributed by atoms with E-state index >= 15 is 0 Å². The molecule has 3 heterocycles. The standard InChI is InChI=1S/C16H19N5O/c1-11-6-7-12-5-4-8-21(15(12)19-11)16(22)13-9-18-14(10-17-13)20(2)3/h6-7,9-10H,4-5,8H2,1-3H3. The van der Waals surface area contributed by atoms with E-state index in [9.17, 15) is 4.79 Å². The highest BCUT2D eigenvalue weighted by atomic mass is 16.2. The van der Waals surface area contributed by atoms with E-state index in [-0.39, 0.29) is 5.91 Å². The maximum atomic E-state index is 12.7. The zero-order chi connectivity index (χ0) is 15.7. The molecule has 0 saturated heterocycles. The molecular formula is C16H19N5O. The Morgan fingerprint density at radius 1 is 1.23 bits per heavy atom. The van der Waals surface area contributed by atoms with Crippen LogP contribution in [0.5, 0.6) is 0 Å². The summed E-state index contributed by atoms with van der Waals surface area (Å²) in [6.07, 6.45) is 5.04. The molecule has 0 saturated carbocycles. The number of aryl methyl sites for hydroxylation is 2. The number of pyridine rings is 1. The van der Waals surface area contributed by atoms with Crippen LogP contribution in [0.2, 0.25) is 0 Å². The van der Waals surface area contributed by atoms with Crippen LogP contribution in [-0.4, -0.2) is 41.5 Å². The average Bonchev–Trinajstić information content (AvgIpc) is 2.53. The first-order valence-corrected chi connectivity index (χ1v) is 7.34. The number of rotatable bonds is 2. The second kappa shape index (κ2) is 5.71. The molecule has 6 heteroatoms. The van der Waals surface area contributed by atoms with Gasteiger partial charge in [0.2, 0.25) is 0 Å². The van der Waals surface area contributed by atoms with Crippen LogP contribution in [0.15, 0.2) is 24.5 Å². The van der Waals surface area contributed by atoms with Crippen molar-refractivity contribution in [2.24, 2.45) is 0 Å². The molecule has 0 spiro atoms. The molecule has 0 unspecified atom stereocenters. The second-order valence-electron chi connectivity index (χ2n) is 5.65. The number of carbonyl (C=O) groups is 1. The van der Waals surface area contributed by atoms with Gasteiger partial charge in [-0.15, -0.1) is 0 Å². The summed E-state index contributed by atoms with van der Waals surface area (Å²) < 4.78 is 0. The Morgan fingerprint density at radius 3 is 2.73 bits per heavy atom. The van der Waals surface area contributed by atoms with Gasteiger partial charge in [-0.05, 0) is 31.4 Å². The van der Waals surface area contributed by atoms with E-state index in [1.54, 1.807) is 11.1 Å². The van der Waals surface area contributed by atoms with Gasteiger partial charge in [0.25, 0.3) is 5.91 Å². The van der Waals surface area contributed by atoms with Crippen molar-refractivity contribution in [3.05, 3.63) is 41.5 Å². The zero-order valence-corrected chi connectivity index (χ0v) is 13.1. The average molecular weight is 297 g/mol. The minimum atomic E-state index is -0.142. The molecule has 0 aliphatic carbocycles. The number of carbonyl (C=O) groups excluding carboxylic acids is 1. The van der Waals surface area contributed by atoms with Gasteiger partial charge in [-0.25, -0.2) is 15.0 Å². The third kappa shape index (κ3) is 2.64. The Balaban J connectivity index is 1.92. The van der Waals surface area contributed by atoms with Gasteiger partial charge in [0, 0.05) is 26.3 Å². The molecule has 0 fully saturated rings. The SMILES string of the molecule is Cc1ccc2c(n1)N(C(=O)c1cnc(N(C)C)cn1)CCC2. The topological polar surface area (TPSA) is 62.2 Å². The quantitative estimate of drug-likeness (QED) is 0.846. The molecule has 6 nitrogen and oxygen atoms in total. The summed E-state index contributed by atoms with van der Waals surface area (Å²) in [5, 5.41) is 0. The summed E-state index contributed by atoms with van der Waals surface area (Å²) >= 11 is 0. The molecule has 2 aromatic heterocycles. The Labute approximate surface area is 129 Å². The lowest BCUT2D eigenvalue weighted by Crippen LogP contribution is -2.37. The summed E-state index contributed by atoms with van der Waals surface area (Å²) in [5.41, 5.74) is 2.37. The molecule has 0 radical (unpaired) electrons. The van der Waals surface area contributed by atoms with Crippen molar-refractivity contribution in [1.29, 1.82) is 0 Å². The van der Waals surface area contributed by atoms with Crippen LogP contribution in [0.4, 0.5) is 11.6 Å². The van der Waals surface area contributed by atoms with E-state index in [0.717, 1.165) is 35.7 Å². The Kier molecular flexibility index (Phi) is 3.75. The smallest absolute Gasteiger partial charge is 0.279 e. The summed E-state index contributed by atoms with van der Waals surface area (Å²) in [6, 6.07) is 4.04. The molecule has 0 bridgehead atoms. The van der Waals surface area contributed by atoms with Gasteiger partial charge in [-0.1, -0.05) is 6.07 Å². The number of hydrogen-bond acceptors (Lipinski definition) is 5. The Hall–Kier alpha value is -2.50. The molecule has 1 aliphatic heterocycles. The molecule has 1 aliphatic rings. The van der Waals surface area contributed by atoms with Crippen molar-refractivity contribution < 1.29 is 4.79 Å². The summed E-state index contributed by atoms with van der Waals surface area (Å²) in [4.78, 5) is 29.3. The fourth-order valence-corrected chi connectivity index (χ4v) is 2.53. The third-order valence-corrected chi connectivity index (χ3v) is 3.74. The minimum absolute atomic E-state index is 0.142. The highest BCUT2D eigenvalue weighted by Crippen LogP contribution is 2.26. The van der Waals surface area contributed by atoms with Crippen LogP contribution >= 0.6 is 0 Å². The van der Waals surface area contributed by atoms with E-state index in [1.807, 2.05) is 32.0 Å². The van der Waals surface area contributed by atoms with Crippen molar-refractivity contribution in [3.8, 4) is 0 Å². The van der Waals surface area contributed by atoms with Crippen LogP contribution in [-0.2, 0) is 6.42 Å². The van der Waals surface area contributed by atoms with Gasteiger partial charge in [-0.2, -0.15) is 0 Å². The van der Waals surface area contributed by atoms with E-state index in [2.05, 4.69) is 21.0 Å². The summed E-state index contributed by atoms with van der Waals surface area (Å²) in [6.45, 7) is 2.60. The number of fused-ring (bicyclic) bond motifs is 1. The van der Waals surface area contributed by atoms with Crippen LogP contribution in [0, 0.1) is 6.92 Å². The maximum Gasteiger partial charge on any atom is 0.279 e. The molecule has 0 aromatic carbocycles. The van der Waals surface area contributed by atoms with Gasteiger partial charge in [0.15, 0.2) is 0 Å². The van der Waals surface area contributed by atoms with Gasteiger partial charge in [-0.3, -0.25) is 9.69 Å². The van der Waals surface area contributed by atoms with E-state index in [0.29, 0.717) is 12.2 Å². The number of aromatic nitrogens is 3.